The molecule has 2 N–H and O–H groups in total. The van der Waals surface area contributed by atoms with E-state index in [9.17, 15) is 18.0 Å². The molecule has 1 atom stereocenters. The van der Waals surface area contributed by atoms with Crippen molar-refractivity contribution in [2.75, 3.05) is 26.7 Å². The summed E-state index contributed by atoms with van der Waals surface area (Å²) in [5.41, 5.74) is 0.578. The molecule has 134 valence electrons. The number of piperidine rings is 1. The zero-order chi connectivity index (χ0) is 18.0. The zero-order valence-electron chi connectivity index (χ0n) is 13.9. The number of amidine groups is 1. The number of hydrogen-bond acceptors (Lipinski definition) is 5. The van der Waals surface area contributed by atoms with Crippen molar-refractivity contribution in [3.63, 3.8) is 0 Å². The number of carbonyl (C=O) groups excluding carboxylic acids is 2. The number of likely N-dealkylation sites (tertiary alicyclic amines) is 1. The molecule has 1 saturated heterocycles. The monoisotopic (exact) mass is 364 g/mol. The third-order valence-corrected chi connectivity index (χ3v) is 5.73. The lowest BCUT2D eigenvalue weighted by Gasteiger charge is -2.33. The maximum atomic E-state index is 12.3. The molecule has 3 rings (SSSR count). The van der Waals surface area contributed by atoms with Crippen molar-refractivity contribution < 1.29 is 18.0 Å². The van der Waals surface area contributed by atoms with Crippen LogP contribution in [0.25, 0.3) is 0 Å². The minimum atomic E-state index is -3.67. The van der Waals surface area contributed by atoms with E-state index >= 15 is 0 Å². The number of fused-ring (bicyclic) bond motifs is 1. The van der Waals surface area contributed by atoms with E-state index in [0.29, 0.717) is 30.9 Å². The van der Waals surface area contributed by atoms with Gasteiger partial charge in [0.2, 0.25) is 11.8 Å². The number of rotatable bonds is 3. The van der Waals surface area contributed by atoms with Gasteiger partial charge in [0.25, 0.3) is 10.0 Å². The standard InChI is InChI=1S/C16H20N4O4S/c1-17-14(21)9-18-16(22)11-5-4-8-20(10-11)15-12-6-2-3-7-13(12)25(23,24)19-15/h2-3,6-7,11H,4-5,8-10H2,1H3,(H,17,21)(H,18,22)/t11-/m0/s1. The molecule has 0 bridgehead atoms. The van der Waals surface area contributed by atoms with Crippen molar-refractivity contribution in [3.05, 3.63) is 29.8 Å². The maximum absolute atomic E-state index is 12.3. The highest BCUT2D eigenvalue weighted by molar-refractivity contribution is 7.90. The predicted molar refractivity (Wildman–Crippen MR) is 91.5 cm³/mol. The van der Waals surface area contributed by atoms with Crippen molar-refractivity contribution in [3.8, 4) is 0 Å². The number of carbonyl (C=O) groups is 2. The van der Waals surface area contributed by atoms with Gasteiger partial charge in [0.05, 0.1) is 12.5 Å². The molecule has 0 saturated carbocycles. The molecule has 0 aliphatic carbocycles. The number of likely N-dealkylation sites (N-methyl/N-ethyl adjacent to an activating group) is 1. The topological polar surface area (TPSA) is 108 Å². The summed E-state index contributed by atoms with van der Waals surface area (Å²) < 4.78 is 28.3. The van der Waals surface area contributed by atoms with Crippen molar-refractivity contribution in [1.29, 1.82) is 0 Å². The molecule has 0 unspecified atom stereocenters. The molecule has 25 heavy (non-hydrogen) atoms. The Kier molecular flexibility index (Phi) is 4.76. The van der Waals surface area contributed by atoms with Crippen LogP contribution >= 0.6 is 0 Å². The van der Waals surface area contributed by atoms with Crippen molar-refractivity contribution in [2.45, 2.75) is 17.7 Å². The Morgan fingerprint density at radius 2 is 2.08 bits per heavy atom. The second-order valence-electron chi connectivity index (χ2n) is 6.06. The summed E-state index contributed by atoms with van der Waals surface area (Å²) >= 11 is 0. The van der Waals surface area contributed by atoms with E-state index in [4.69, 9.17) is 0 Å². The first-order valence-corrected chi connectivity index (χ1v) is 9.54. The van der Waals surface area contributed by atoms with Gasteiger partial charge < -0.3 is 15.5 Å². The lowest BCUT2D eigenvalue weighted by molar-refractivity contribution is -0.129. The van der Waals surface area contributed by atoms with Gasteiger partial charge in [-0.3, -0.25) is 9.59 Å². The number of nitrogens with zero attached hydrogens (tertiary/aromatic N) is 2. The van der Waals surface area contributed by atoms with Gasteiger partial charge in [-0.15, -0.1) is 4.40 Å². The molecule has 2 amide bonds. The van der Waals surface area contributed by atoms with Crippen molar-refractivity contribution >= 4 is 27.7 Å². The first-order valence-electron chi connectivity index (χ1n) is 8.10. The van der Waals surface area contributed by atoms with E-state index in [1.165, 1.54) is 7.05 Å². The summed E-state index contributed by atoms with van der Waals surface area (Å²) in [6.07, 6.45) is 1.44. The molecule has 2 aliphatic heterocycles. The van der Waals surface area contributed by atoms with E-state index < -0.39 is 10.0 Å². The fourth-order valence-corrected chi connectivity index (χ4v) is 4.33. The lowest BCUT2D eigenvalue weighted by Crippen LogP contribution is -2.47. The predicted octanol–water partition coefficient (Wildman–Crippen LogP) is -0.290. The number of nitrogens with one attached hydrogen (secondary N) is 2. The molecule has 0 aromatic heterocycles. The highest BCUT2D eigenvalue weighted by atomic mass is 32.2. The number of sulfonamides is 1. The van der Waals surface area contributed by atoms with E-state index in [-0.39, 0.29) is 29.2 Å². The largest absolute Gasteiger partial charge is 0.358 e. The van der Waals surface area contributed by atoms with Gasteiger partial charge in [0.15, 0.2) is 5.84 Å². The average molecular weight is 364 g/mol. The molecule has 0 spiro atoms. The minimum Gasteiger partial charge on any atom is -0.358 e. The third-order valence-electron chi connectivity index (χ3n) is 4.41. The average Bonchev–Trinajstić information content (AvgIpc) is 2.91. The van der Waals surface area contributed by atoms with Crippen LogP contribution in [0.4, 0.5) is 0 Å². The molecular formula is C16H20N4O4S. The van der Waals surface area contributed by atoms with Gasteiger partial charge in [-0.05, 0) is 25.0 Å². The van der Waals surface area contributed by atoms with Gasteiger partial charge in [-0.2, -0.15) is 8.42 Å². The van der Waals surface area contributed by atoms with Crippen LogP contribution in [0.15, 0.2) is 33.6 Å². The lowest BCUT2D eigenvalue weighted by atomic mass is 9.96. The van der Waals surface area contributed by atoms with Crippen LogP contribution in [-0.4, -0.2) is 57.6 Å². The first kappa shape index (κ1) is 17.4. The second kappa shape index (κ2) is 6.83. The summed E-state index contributed by atoms with van der Waals surface area (Å²) in [6, 6.07) is 6.71. The summed E-state index contributed by atoms with van der Waals surface area (Å²) in [4.78, 5) is 25.6. The van der Waals surface area contributed by atoms with Crippen LogP contribution in [0.1, 0.15) is 18.4 Å². The number of amides is 2. The Morgan fingerprint density at radius 1 is 1.32 bits per heavy atom. The van der Waals surface area contributed by atoms with Crippen LogP contribution in [0.5, 0.6) is 0 Å². The molecule has 9 heteroatoms. The van der Waals surface area contributed by atoms with E-state index in [1.54, 1.807) is 24.3 Å². The van der Waals surface area contributed by atoms with Gasteiger partial charge >= 0.3 is 0 Å². The van der Waals surface area contributed by atoms with E-state index in [1.807, 2.05) is 4.90 Å². The Balaban J connectivity index is 1.74. The Hall–Kier alpha value is -2.42. The number of hydrogen-bond donors (Lipinski definition) is 2. The normalized spacial score (nSPS) is 21.2. The molecule has 1 fully saturated rings. The van der Waals surface area contributed by atoms with Crippen LogP contribution in [0.3, 0.4) is 0 Å². The van der Waals surface area contributed by atoms with Crippen LogP contribution in [0, 0.1) is 5.92 Å². The fraction of sp³-hybridized carbons (Fsp3) is 0.438. The first-order chi connectivity index (χ1) is 11.9. The second-order valence-corrected chi connectivity index (χ2v) is 7.63. The SMILES string of the molecule is CNC(=O)CNC(=O)[C@H]1CCCN(C2=NS(=O)(=O)c3ccccc32)C1. The minimum absolute atomic E-state index is 0.0655. The van der Waals surface area contributed by atoms with Gasteiger partial charge in [-0.1, -0.05) is 12.1 Å². The Labute approximate surface area is 146 Å². The maximum Gasteiger partial charge on any atom is 0.285 e. The Morgan fingerprint density at radius 3 is 2.84 bits per heavy atom. The van der Waals surface area contributed by atoms with Gasteiger partial charge in [0, 0.05) is 25.7 Å². The number of benzene rings is 1. The van der Waals surface area contributed by atoms with Gasteiger partial charge in [0.1, 0.15) is 4.90 Å². The summed E-state index contributed by atoms with van der Waals surface area (Å²) in [5, 5.41) is 5.06. The zero-order valence-corrected chi connectivity index (χ0v) is 14.7. The van der Waals surface area contributed by atoms with Crippen LogP contribution in [0.2, 0.25) is 0 Å². The highest BCUT2D eigenvalue weighted by Crippen LogP contribution is 2.29. The molecule has 1 aromatic carbocycles. The van der Waals surface area contributed by atoms with Crippen molar-refractivity contribution in [1.82, 2.24) is 15.5 Å². The molecule has 1 aromatic rings. The summed E-state index contributed by atoms with van der Waals surface area (Å²) in [7, 11) is -2.17. The molecule has 2 heterocycles. The van der Waals surface area contributed by atoms with E-state index in [0.717, 1.165) is 6.42 Å². The Bertz CT molecular complexity index is 834. The van der Waals surface area contributed by atoms with Gasteiger partial charge in [-0.25, -0.2) is 0 Å². The highest BCUT2D eigenvalue weighted by Gasteiger charge is 2.35. The van der Waals surface area contributed by atoms with E-state index in [2.05, 4.69) is 15.0 Å². The quantitative estimate of drug-likeness (QED) is 0.766. The molecule has 2 aliphatic rings. The molecular weight excluding hydrogens is 344 g/mol. The fourth-order valence-electron chi connectivity index (χ4n) is 3.10. The summed E-state index contributed by atoms with van der Waals surface area (Å²) in [6.45, 7) is 0.953. The van der Waals surface area contributed by atoms with Crippen LogP contribution < -0.4 is 10.6 Å². The van der Waals surface area contributed by atoms with Crippen molar-refractivity contribution in [2.24, 2.45) is 10.3 Å². The van der Waals surface area contributed by atoms with Crippen LogP contribution in [-0.2, 0) is 19.6 Å². The smallest absolute Gasteiger partial charge is 0.285 e. The third kappa shape index (κ3) is 3.51. The summed E-state index contributed by atoms with van der Waals surface area (Å²) in [5.74, 6) is -0.375. The molecule has 8 nitrogen and oxygen atoms in total. The molecule has 0 radical (unpaired) electrons.